The fourth-order valence-corrected chi connectivity index (χ4v) is 1.89. The summed E-state index contributed by atoms with van der Waals surface area (Å²) in [5, 5.41) is 8.94. The molecule has 0 saturated heterocycles. The Balaban J connectivity index is 2.57. The van der Waals surface area contributed by atoms with Gasteiger partial charge in [0.15, 0.2) is 0 Å². The summed E-state index contributed by atoms with van der Waals surface area (Å²) in [7, 11) is 0. The highest BCUT2D eigenvalue weighted by Gasteiger charge is 2.15. The Morgan fingerprint density at radius 1 is 1.32 bits per heavy atom. The number of hydrogen-bond acceptors (Lipinski definition) is 3. The molecule has 1 N–H and O–H groups in total. The van der Waals surface area contributed by atoms with Crippen LogP contribution in [0.5, 0.6) is 5.75 Å². The van der Waals surface area contributed by atoms with Crippen LogP contribution in [-0.4, -0.2) is 35.7 Å². The maximum absolute atomic E-state index is 10.9. The third-order valence-corrected chi connectivity index (χ3v) is 3.04. The Morgan fingerprint density at radius 2 is 1.95 bits per heavy atom. The van der Waals surface area contributed by atoms with Gasteiger partial charge in [0.25, 0.3) is 0 Å². The fraction of sp³-hybridized carbons (Fsp3) is 0.533. The van der Waals surface area contributed by atoms with Crippen LogP contribution in [0.25, 0.3) is 0 Å². The molecule has 1 atom stereocenters. The number of rotatable bonds is 8. The standard InChI is InChI=1S/C15H23NO3/c1-4-16(10-12(3)15(17)18)11-13-6-8-14(9-7-13)19-5-2/h6-9,12H,4-5,10-11H2,1-3H3,(H,17,18). The quantitative estimate of drug-likeness (QED) is 0.785. The molecule has 0 radical (unpaired) electrons. The Hall–Kier alpha value is -1.55. The second-order valence-corrected chi connectivity index (χ2v) is 4.64. The average molecular weight is 265 g/mol. The van der Waals surface area contributed by atoms with Gasteiger partial charge in [-0.3, -0.25) is 9.69 Å². The molecule has 1 aromatic rings. The topological polar surface area (TPSA) is 49.8 Å². The summed E-state index contributed by atoms with van der Waals surface area (Å²) >= 11 is 0. The summed E-state index contributed by atoms with van der Waals surface area (Å²) in [6.07, 6.45) is 0. The van der Waals surface area contributed by atoms with Gasteiger partial charge in [-0.1, -0.05) is 26.0 Å². The van der Waals surface area contributed by atoms with E-state index in [4.69, 9.17) is 9.84 Å². The predicted octanol–water partition coefficient (Wildman–Crippen LogP) is 2.63. The van der Waals surface area contributed by atoms with Crippen molar-refractivity contribution in [2.75, 3.05) is 19.7 Å². The predicted molar refractivity (Wildman–Crippen MR) is 75.4 cm³/mol. The van der Waals surface area contributed by atoms with Gasteiger partial charge in [0.1, 0.15) is 5.75 Å². The first-order valence-electron chi connectivity index (χ1n) is 6.73. The molecule has 0 aromatic heterocycles. The molecule has 4 nitrogen and oxygen atoms in total. The SMILES string of the molecule is CCOc1ccc(CN(CC)CC(C)C(=O)O)cc1. The highest BCUT2D eigenvalue weighted by Crippen LogP contribution is 2.14. The Kier molecular flexibility index (Phi) is 6.36. The molecule has 4 heteroatoms. The third kappa shape index (κ3) is 5.30. The molecule has 0 heterocycles. The maximum Gasteiger partial charge on any atom is 0.307 e. The normalized spacial score (nSPS) is 12.4. The van der Waals surface area contributed by atoms with Gasteiger partial charge in [0.05, 0.1) is 12.5 Å². The first-order valence-corrected chi connectivity index (χ1v) is 6.73. The monoisotopic (exact) mass is 265 g/mol. The van der Waals surface area contributed by atoms with Crippen molar-refractivity contribution in [1.29, 1.82) is 0 Å². The first kappa shape index (κ1) is 15.5. The van der Waals surface area contributed by atoms with E-state index in [0.717, 1.165) is 18.8 Å². The molecule has 1 rings (SSSR count). The van der Waals surface area contributed by atoms with Gasteiger partial charge >= 0.3 is 5.97 Å². The van der Waals surface area contributed by atoms with Crippen molar-refractivity contribution in [2.24, 2.45) is 5.92 Å². The second-order valence-electron chi connectivity index (χ2n) is 4.64. The Morgan fingerprint density at radius 3 is 2.42 bits per heavy atom. The third-order valence-electron chi connectivity index (χ3n) is 3.04. The molecule has 0 amide bonds. The highest BCUT2D eigenvalue weighted by atomic mass is 16.5. The van der Waals surface area contributed by atoms with Crippen LogP contribution >= 0.6 is 0 Å². The summed E-state index contributed by atoms with van der Waals surface area (Å²) < 4.78 is 5.40. The lowest BCUT2D eigenvalue weighted by Gasteiger charge is -2.22. The number of nitrogens with zero attached hydrogens (tertiary/aromatic N) is 1. The Labute approximate surface area is 115 Å². The molecular formula is C15H23NO3. The van der Waals surface area contributed by atoms with Crippen molar-refractivity contribution >= 4 is 5.97 Å². The number of carboxylic acid groups (broad SMARTS) is 1. The van der Waals surface area contributed by atoms with E-state index in [1.165, 1.54) is 5.56 Å². The van der Waals surface area contributed by atoms with Gasteiger partial charge in [-0.2, -0.15) is 0 Å². The van der Waals surface area contributed by atoms with Crippen molar-refractivity contribution in [2.45, 2.75) is 27.3 Å². The fourth-order valence-electron chi connectivity index (χ4n) is 1.89. The summed E-state index contributed by atoms with van der Waals surface area (Å²) in [5.74, 6) is -0.221. The minimum Gasteiger partial charge on any atom is -0.494 e. The zero-order chi connectivity index (χ0) is 14.3. The van der Waals surface area contributed by atoms with E-state index in [2.05, 4.69) is 4.90 Å². The molecule has 0 spiro atoms. The lowest BCUT2D eigenvalue weighted by Crippen LogP contribution is -2.31. The van der Waals surface area contributed by atoms with Gasteiger partial charge in [-0.25, -0.2) is 0 Å². The summed E-state index contributed by atoms with van der Waals surface area (Å²) in [4.78, 5) is 13.0. The molecule has 1 aromatic carbocycles. The first-order chi connectivity index (χ1) is 9.06. The molecule has 0 aliphatic heterocycles. The molecule has 0 bridgehead atoms. The summed E-state index contributed by atoms with van der Waals surface area (Å²) in [6, 6.07) is 7.96. The minimum absolute atomic E-state index is 0.345. The smallest absolute Gasteiger partial charge is 0.307 e. The number of ether oxygens (including phenoxy) is 1. The van der Waals surface area contributed by atoms with E-state index in [-0.39, 0.29) is 5.92 Å². The number of benzene rings is 1. The zero-order valence-corrected chi connectivity index (χ0v) is 11.9. The van der Waals surface area contributed by atoms with Gasteiger partial charge in [-0.05, 0) is 31.2 Å². The van der Waals surface area contributed by atoms with E-state index < -0.39 is 5.97 Å². The second kappa shape index (κ2) is 7.79. The zero-order valence-electron chi connectivity index (χ0n) is 11.9. The molecule has 0 fully saturated rings. The van der Waals surface area contributed by atoms with Crippen molar-refractivity contribution < 1.29 is 14.6 Å². The van der Waals surface area contributed by atoms with E-state index in [1.54, 1.807) is 6.92 Å². The molecule has 106 valence electrons. The van der Waals surface area contributed by atoms with E-state index in [0.29, 0.717) is 13.2 Å². The van der Waals surface area contributed by atoms with Crippen LogP contribution in [0.3, 0.4) is 0 Å². The van der Waals surface area contributed by atoms with E-state index in [1.807, 2.05) is 38.1 Å². The van der Waals surface area contributed by atoms with Crippen molar-refractivity contribution in [3.63, 3.8) is 0 Å². The van der Waals surface area contributed by atoms with Crippen LogP contribution < -0.4 is 4.74 Å². The molecule has 1 unspecified atom stereocenters. The molecule has 0 saturated carbocycles. The van der Waals surface area contributed by atoms with Crippen molar-refractivity contribution in [3.8, 4) is 5.75 Å². The van der Waals surface area contributed by atoms with Crippen LogP contribution in [-0.2, 0) is 11.3 Å². The van der Waals surface area contributed by atoms with E-state index >= 15 is 0 Å². The van der Waals surface area contributed by atoms with E-state index in [9.17, 15) is 4.79 Å². The number of carbonyl (C=O) groups is 1. The van der Waals surface area contributed by atoms with Gasteiger partial charge in [0, 0.05) is 13.1 Å². The lowest BCUT2D eigenvalue weighted by molar-refractivity contribution is -0.141. The molecular weight excluding hydrogens is 242 g/mol. The van der Waals surface area contributed by atoms with Gasteiger partial charge in [-0.15, -0.1) is 0 Å². The van der Waals surface area contributed by atoms with Crippen LogP contribution in [0.4, 0.5) is 0 Å². The molecule has 19 heavy (non-hydrogen) atoms. The number of aliphatic carboxylic acids is 1. The van der Waals surface area contributed by atoms with Crippen LogP contribution in [0.1, 0.15) is 26.3 Å². The highest BCUT2D eigenvalue weighted by molar-refractivity contribution is 5.69. The van der Waals surface area contributed by atoms with Crippen LogP contribution in [0, 0.1) is 5.92 Å². The number of hydrogen-bond donors (Lipinski definition) is 1. The minimum atomic E-state index is -0.745. The maximum atomic E-state index is 10.9. The lowest BCUT2D eigenvalue weighted by atomic mass is 10.1. The largest absolute Gasteiger partial charge is 0.494 e. The molecule has 0 aliphatic rings. The number of carboxylic acids is 1. The van der Waals surface area contributed by atoms with Crippen LogP contribution in [0.15, 0.2) is 24.3 Å². The van der Waals surface area contributed by atoms with Crippen molar-refractivity contribution in [1.82, 2.24) is 4.90 Å². The van der Waals surface area contributed by atoms with Crippen molar-refractivity contribution in [3.05, 3.63) is 29.8 Å². The summed E-state index contributed by atoms with van der Waals surface area (Å²) in [6.45, 7) is 8.58. The average Bonchev–Trinajstić information content (AvgIpc) is 2.40. The van der Waals surface area contributed by atoms with Gasteiger partial charge < -0.3 is 9.84 Å². The molecule has 0 aliphatic carbocycles. The summed E-state index contributed by atoms with van der Waals surface area (Å²) in [5.41, 5.74) is 1.17. The van der Waals surface area contributed by atoms with Crippen LogP contribution in [0.2, 0.25) is 0 Å². The Bertz CT molecular complexity index is 389. The van der Waals surface area contributed by atoms with Gasteiger partial charge in [0.2, 0.25) is 0 Å².